The summed E-state index contributed by atoms with van der Waals surface area (Å²) in [6, 6.07) is 7.13. The molecule has 1 aliphatic heterocycles. The fourth-order valence-electron chi connectivity index (χ4n) is 1.75. The molecular weight excluding hydrogens is 180 g/mol. The van der Waals surface area contributed by atoms with Gasteiger partial charge < -0.3 is 16.2 Å². The lowest BCUT2D eigenvalue weighted by molar-refractivity contribution is -0.142. The van der Waals surface area contributed by atoms with E-state index >= 15 is 0 Å². The summed E-state index contributed by atoms with van der Waals surface area (Å²) in [6.45, 7) is 0.396. The van der Waals surface area contributed by atoms with E-state index in [0.29, 0.717) is 6.54 Å². The van der Waals surface area contributed by atoms with Crippen LogP contribution in [0, 0.1) is 5.92 Å². The minimum absolute atomic E-state index is 0.396. The van der Waals surface area contributed by atoms with E-state index in [9.17, 15) is 4.79 Å². The van der Waals surface area contributed by atoms with E-state index in [4.69, 9.17) is 10.8 Å². The molecular formula is C10H12N2O2. The lowest BCUT2D eigenvalue weighted by Crippen LogP contribution is -2.37. The Labute approximate surface area is 81.7 Å². The molecule has 4 nitrogen and oxygen atoms in total. The Kier molecular flexibility index (Phi) is 2.13. The molecule has 0 spiro atoms. The zero-order chi connectivity index (χ0) is 10.1. The van der Waals surface area contributed by atoms with E-state index in [1.807, 2.05) is 24.3 Å². The SMILES string of the molecule is NC1c2ccccc2NCC1C(=O)O. The molecule has 0 fully saturated rings. The van der Waals surface area contributed by atoms with Gasteiger partial charge in [0.05, 0.1) is 5.92 Å². The Balaban J connectivity index is 2.36. The lowest BCUT2D eigenvalue weighted by atomic mass is 9.89. The van der Waals surface area contributed by atoms with Gasteiger partial charge in [-0.15, -0.1) is 0 Å². The molecule has 74 valence electrons. The summed E-state index contributed by atoms with van der Waals surface area (Å²) in [4.78, 5) is 10.9. The number of hydrogen-bond acceptors (Lipinski definition) is 3. The van der Waals surface area contributed by atoms with Gasteiger partial charge in [0.1, 0.15) is 0 Å². The second-order valence-corrected chi connectivity index (χ2v) is 3.44. The van der Waals surface area contributed by atoms with Crippen LogP contribution in [0.4, 0.5) is 5.69 Å². The van der Waals surface area contributed by atoms with Crippen molar-refractivity contribution in [3.05, 3.63) is 29.8 Å². The molecule has 14 heavy (non-hydrogen) atoms. The average Bonchev–Trinajstić information content (AvgIpc) is 2.18. The van der Waals surface area contributed by atoms with Gasteiger partial charge in [-0.2, -0.15) is 0 Å². The monoisotopic (exact) mass is 192 g/mol. The molecule has 0 aromatic heterocycles. The molecule has 0 aliphatic carbocycles. The van der Waals surface area contributed by atoms with Gasteiger partial charge in [0.25, 0.3) is 0 Å². The highest BCUT2D eigenvalue weighted by Crippen LogP contribution is 2.31. The van der Waals surface area contributed by atoms with Crippen molar-refractivity contribution in [3.8, 4) is 0 Å². The molecule has 2 rings (SSSR count). The highest BCUT2D eigenvalue weighted by Gasteiger charge is 2.31. The maximum absolute atomic E-state index is 10.9. The van der Waals surface area contributed by atoms with Crippen LogP contribution in [0.2, 0.25) is 0 Å². The standard InChI is InChI=1S/C10H12N2O2/c11-9-6-3-1-2-4-8(6)12-5-7(9)10(13)14/h1-4,7,9,12H,5,11H2,(H,13,14). The Morgan fingerprint density at radius 2 is 2.21 bits per heavy atom. The second kappa shape index (κ2) is 3.31. The molecule has 0 saturated carbocycles. The van der Waals surface area contributed by atoms with Gasteiger partial charge in [-0.1, -0.05) is 18.2 Å². The van der Waals surface area contributed by atoms with Gasteiger partial charge in [0, 0.05) is 18.3 Å². The van der Waals surface area contributed by atoms with Crippen LogP contribution in [0.15, 0.2) is 24.3 Å². The minimum atomic E-state index is -0.848. The molecule has 0 saturated heterocycles. The summed E-state index contributed by atoms with van der Waals surface area (Å²) in [5.74, 6) is -1.38. The van der Waals surface area contributed by atoms with E-state index in [1.54, 1.807) is 0 Å². The maximum atomic E-state index is 10.9. The predicted molar refractivity (Wildman–Crippen MR) is 53.0 cm³/mol. The summed E-state index contributed by atoms with van der Waals surface area (Å²) in [7, 11) is 0. The van der Waals surface area contributed by atoms with Crippen LogP contribution in [0.5, 0.6) is 0 Å². The van der Waals surface area contributed by atoms with Crippen molar-refractivity contribution in [2.45, 2.75) is 6.04 Å². The number of carboxylic acid groups (broad SMARTS) is 1. The molecule has 1 heterocycles. The largest absolute Gasteiger partial charge is 0.481 e. The fourth-order valence-corrected chi connectivity index (χ4v) is 1.75. The molecule has 0 radical (unpaired) electrons. The molecule has 1 aromatic carbocycles. The molecule has 0 amide bonds. The van der Waals surface area contributed by atoms with Crippen LogP contribution < -0.4 is 11.1 Å². The number of aliphatic carboxylic acids is 1. The number of rotatable bonds is 1. The quantitative estimate of drug-likeness (QED) is 0.615. The highest BCUT2D eigenvalue weighted by molar-refractivity contribution is 5.74. The highest BCUT2D eigenvalue weighted by atomic mass is 16.4. The van der Waals surface area contributed by atoms with E-state index < -0.39 is 17.9 Å². The summed E-state index contributed by atoms with van der Waals surface area (Å²) in [5.41, 5.74) is 7.69. The third-order valence-electron chi connectivity index (χ3n) is 2.58. The van der Waals surface area contributed by atoms with Crippen LogP contribution in [0.25, 0.3) is 0 Å². The van der Waals surface area contributed by atoms with Crippen molar-refractivity contribution >= 4 is 11.7 Å². The van der Waals surface area contributed by atoms with Crippen molar-refractivity contribution in [1.82, 2.24) is 0 Å². The molecule has 4 N–H and O–H groups in total. The first-order chi connectivity index (χ1) is 6.70. The van der Waals surface area contributed by atoms with Crippen LogP contribution >= 0.6 is 0 Å². The molecule has 0 bridgehead atoms. The first-order valence-corrected chi connectivity index (χ1v) is 4.51. The summed E-state index contributed by atoms with van der Waals surface area (Å²) in [5, 5.41) is 12.0. The van der Waals surface area contributed by atoms with Crippen molar-refractivity contribution in [3.63, 3.8) is 0 Å². The molecule has 4 heteroatoms. The van der Waals surface area contributed by atoms with E-state index in [1.165, 1.54) is 0 Å². The van der Waals surface area contributed by atoms with Crippen molar-refractivity contribution in [2.75, 3.05) is 11.9 Å². The smallest absolute Gasteiger partial charge is 0.310 e. The van der Waals surface area contributed by atoms with Crippen LogP contribution in [-0.4, -0.2) is 17.6 Å². The first-order valence-electron chi connectivity index (χ1n) is 4.51. The summed E-state index contributed by atoms with van der Waals surface area (Å²) in [6.07, 6.45) is 0. The molecule has 2 atom stereocenters. The Morgan fingerprint density at radius 3 is 2.93 bits per heavy atom. The van der Waals surface area contributed by atoms with Crippen molar-refractivity contribution < 1.29 is 9.90 Å². The third-order valence-corrected chi connectivity index (χ3v) is 2.58. The van der Waals surface area contributed by atoms with E-state index in [0.717, 1.165) is 11.3 Å². The number of fused-ring (bicyclic) bond motifs is 1. The number of hydrogen-bond donors (Lipinski definition) is 3. The topological polar surface area (TPSA) is 75.3 Å². The number of carboxylic acids is 1. The van der Waals surface area contributed by atoms with Gasteiger partial charge >= 0.3 is 5.97 Å². The Bertz CT molecular complexity index is 365. The zero-order valence-electron chi connectivity index (χ0n) is 7.60. The first kappa shape index (κ1) is 9.02. The number of nitrogens with two attached hydrogens (primary N) is 1. The Morgan fingerprint density at radius 1 is 1.50 bits per heavy atom. The number of carbonyl (C=O) groups is 1. The normalized spacial score (nSPS) is 24.9. The van der Waals surface area contributed by atoms with Crippen LogP contribution in [-0.2, 0) is 4.79 Å². The van der Waals surface area contributed by atoms with Crippen LogP contribution in [0.1, 0.15) is 11.6 Å². The van der Waals surface area contributed by atoms with E-state index in [-0.39, 0.29) is 0 Å². The van der Waals surface area contributed by atoms with E-state index in [2.05, 4.69) is 5.32 Å². The molecule has 1 aliphatic rings. The van der Waals surface area contributed by atoms with Gasteiger partial charge in [-0.05, 0) is 11.6 Å². The predicted octanol–water partition coefficient (Wildman–Crippen LogP) is 0.813. The van der Waals surface area contributed by atoms with Gasteiger partial charge in [0.15, 0.2) is 0 Å². The maximum Gasteiger partial charge on any atom is 0.310 e. The van der Waals surface area contributed by atoms with Crippen molar-refractivity contribution in [2.24, 2.45) is 11.7 Å². The number of para-hydroxylation sites is 1. The van der Waals surface area contributed by atoms with Crippen LogP contribution in [0.3, 0.4) is 0 Å². The molecule has 2 unspecified atom stereocenters. The minimum Gasteiger partial charge on any atom is -0.481 e. The summed E-state index contributed by atoms with van der Waals surface area (Å²) >= 11 is 0. The van der Waals surface area contributed by atoms with Gasteiger partial charge in [-0.25, -0.2) is 0 Å². The third kappa shape index (κ3) is 1.33. The summed E-state index contributed by atoms with van der Waals surface area (Å²) < 4.78 is 0. The van der Waals surface area contributed by atoms with Crippen molar-refractivity contribution in [1.29, 1.82) is 0 Å². The average molecular weight is 192 g/mol. The second-order valence-electron chi connectivity index (χ2n) is 3.44. The van der Waals surface area contributed by atoms with Gasteiger partial charge in [-0.3, -0.25) is 4.79 Å². The number of anilines is 1. The number of nitrogens with one attached hydrogen (secondary N) is 1. The van der Waals surface area contributed by atoms with Gasteiger partial charge in [0.2, 0.25) is 0 Å². The zero-order valence-corrected chi connectivity index (χ0v) is 7.60. The number of benzene rings is 1. The fraction of sp³-hybridized carbons (Fsp3) is 0.300. The Hall–Kier alpha value is -1.55. The molecule has 1 aromatic rings. The lowest BCUT2D eigenvalue weighted by Gasteiger charge is -2.29.